The number of carbonyl (C=O) groups excluding carboxylic acids is 1. The van der Waals surface area contributed by atoms with Gasteiger partial charge in [0.2, 0.25) is 0 Å². The molecule has 0 rings (SSSR count). The Balaban J connectivity index is 4.39. The molecule has 0 aromatic heterocycles. The van der Waals surface area contributed by atoms with E-state index in [-0.39, 0.29) is 12.5 Å². The van der Waals surface area contributed by atoms with Gasteiger partial charge in [-0.05, 0) is 19.8 Å². The average molecular weight is 228 g/mol. The van der Waals surface area contributed by atoms with Crippen molar-refractivity contribution in [3.05, 3.63) is 11.8 Å². The number of likely N-dealkylation sites (N-methyl/N-ethyl adjacent to an activating group) is 1. The monoisotopic (exact) mass is 228 g/mol. The molecule has 5 heteroatoms. The summed E-state index contributed by atoms with van der Waals surface area (Å²) < 4.78 is 16.5. The van der Waals surface area contributed by atoms with E-state index in [0.717, 1.165) is 0 Å². The maximum absolute atomic E-state index is 11.9. The number of rotatable bonds is 7. The molecule has 0 N–H and O–H groups in total. The second-order valence-electron chi connectivity index (χ2n) is 3.20. The molecule has 0 atom stereocenters. The molecule has 0 unspecified atom stereocenters. The Labute approximate surface area is 95.3 Å². The quantitative estimate of drug-likeness (QED) is 0.491. The molecule has 0 aromatic carbocycles. The average Bonchev–Trinajstić information content (AvgIpc) is 2.32. The summed E-state index contributed by atoms with van der Waals surface area (Å²) in [5.74, 6) is -0.360. The normalized spacial score (nSPS) is 10.8. The summed E-state index contributed by atoms with van der Waals surface area (Å²) in [6.07, 6.45) is 2.31. The van der Waals surface area contributed by atoms with Crippen molar-refractivity contribution >= 4 is 5.97 Å². The molecule has 0 amide bonds. The number of alkyl halides is 1. The van der Waals surface area contributed by atoms with Crippen molar-refractivity contribution in [2.24, 2.45) is 0 Å². The summed E-state index contributed by atoms with van der Waals surface area (Å²) in [5, 5.41) is 8.80. The Morgan fingerprint density at radius 1 is 1.62 bits per heavy atom. The maximum atomic E-state index is 11.9. The van der Waals surface area contributed by atoms with E-state index in [9.17, 15) is 9.18 Å². The van der Waals surface area contributed by atoms with Gasteiger partial charge in [-0.15, -0.1) is 0 Å². The minimum absolute atomic E-state index is 0.105. The van der Waals surface area contributed by atoms with Crippen LogP contribution in [0.4, 0.5) is 4.39 Å². The van der Waals surface area contributed by atoms with Crippen LogP contribution in [0.3, 0.4) is 0 Å². The summed E-state index contributed by atoms with van der Waals surface area (Å²) >= 11 is 0. The Hall–Kier alpha value is -1.57. The summed E-state index contributed by atoms with van der Waals surface area (Å²) in [7, 11) is 1.31. The molecule has 0 aliphatic heterocycles. The van der Waals surface area contributed by atoms with E-state index in [0.29, 0.717) is 25.0 Å². The predicted molar refractivity (Wildman–Crippen MR) is 58.2 cm³/mol. The summed E-state index contributed by atoms with van der Waals surface area (Å²) in [5.41, 5.74) is 0.475. The third-order valence-corrected chi connectivity index (χ3v) is 2.03. The molecule has 0 bridgehead atoms. The van der Waals surface area contributed by atoms with Gasteiger partial charge in [-0.3, -0.25) is 9.18 Å². The molecule has 0 fully saturated rings. The second-order valence-corrected chi connectivity index (χ2v) is 3.20. The molecule has 0 heterocycles. The van der Waals surface area contributed by atoms with Gasteiger partial charge in [-0.25, -0.2) is 0 Å². The number of methoxy groups -OCH3 is 1. The van der Waals surface area contributed by atoms with Gasteiger partial charge < -0.3 is 9.64 Å². The van der Waals surface area contributed by atoms with Gasteiger partial charge in [0.25, 0.3) is 0 Å². The zero-order valence-electron chi connectivity index (χ0n) is 9.70. The van der Waals surface area contributed by atoms with Crippen molar-refractivity contribution < 1.29 is 13.9 Å². The first-order valence-electron chi connectivity index (χ1n) is 5.15. The lowest BCUT2D eigenvalue weighted by Gasteiger charge is -2.16. The smallest absolute Gasteiger partial charge is 0.325 e. The van der Waals surface area contributed by atoms with Crippen LogP contribution < -0.4 is 0 Å². The summed E-state index contributed by atoms with van der Waals surface area (Å²) in [4.78, 5) is 12.7. The third-order valence-electron chi connectivity index (χ3n) is 2.03. The van der Waals surface area contributed by atoms with Gasteiger partial charge in [0, 0.05) is 18.3 Å². The number of hydrogen-bond acceptors (Lipinski definition) is 4. The van der Waals surface area contributed by atoms with Crippen LogP contribution in [0.5, 0.6) is 0 Å². The third kappa shape index (κ3) is 6.02. The summed E-state index contributed by atoms with van der Waals surface area (Å²) in [6.45, 7) is 2.12. The predicted octanol–water partition coefficient (Wildman–Crippen LogP) is 1.64. The number of hydrogen-bond donors (Lipinski definition) is 0. The fraction of sp³-hybridized carbons (Fsp3) is 0.636. The highest BCUT2D eigenvalue weighted by Crippen LogP contribution is 2.06. The molecule has 16 heavy (non-hydrogen) atoms. The molecule has 90 valence electrons. The molecule has 0 spiro atoms. The molecule has 0 aromatic rings. The fourth-order valence-electron chi connectivity index (χ4n) is 1.11. The van der Waals surface area contributed by atoms with Crippen LogP contribution in [0.2, 0.25) is 0 Å². The first kappa shape index (κ1) is 14.4. The van der Waals surface area contributed by atoms with Crippen molar-refractivity contribution in [2.75, 3.05) is 26.9 Å². The molecular formula is C11H17FN2O2. The van der Waals surface area contributed by atoms with E-state index >= 15 is 0 Å². The minimum atomic E-state index is -0.442. The highest BCUT2D eigenvalue weighted by atomic mass is 19.1. The van der Waals surface area contributed by atoms with Gasteiger partial charge in [0.15, 0.2) is 0 Å². The van der Waals surface area contributed by atoms with E-state index in [4.69, 9.17) is 5.26 Å². The van der Waals surface area contributed by atoms with Gasteiger partial charge >= 0.3 is 5.97 Å². The Kier molecular flexibility index (Phi) is 7.86. The zero-order valence-corrected chi connectivity index (χ0v) is 9.70. The van der Waals surface area contributed by atoms with E-state index in [1.54, 1.807) is 11.1 Å². The second kappa shape index (κ2) is 8.72. The number of carbonyl (C=O) groups is 1. The standard InChI is InChI=1S/C11H17FN2O2/c1-3-14(9-11(15)16-2)8-10(7-13)5-4-6-12/h8H,3-6,9H2,1-2H3. The van der Waals surface area contributed by atoms with Crippen molar-refractivity contribution in [3.8, 4) is 6.07 Å². The highest BCUT2D eigenvalue weighted by Gasteiger charge is 2.06. The zero-order chi connectivity index (χ0) is 12.4. The van der Waals surface area contributed by atoms with Crippen molar-refractivity contribution in [3.63, 3.8) is 0 Å². The van der Waals surface area contributed by atoms with Crippen LogP contribution in [0.25, 0.3) is 0 Å². The molecule has 0 saturated carbocycles. The van der Waals surface area contributed by atoms with Gasteiger partial charge in [-0.1, -0.05) is 0 Å². The minimum Gasteiger partial charge on any atom is -0.468 e. The Bertz CT molecular complexity index is 284. The first-order chi connectivity index (χ1) is 7.67. The number of esters is 1. The molecule has 4 nitrogen and oxygen atoms in total. The van der Waals surface area contributed by atoms with Crippen molar-refractivity contribution in [1.82, 2.24) is 4.90 Å². The fourth-order valence-corrected chi connectivity index (χ4v) is 1.11. The Morgan fingerprint density at radius 3 is 2.75 bits per heavy atom. The topological polar surface area (TPSA) is 53.3 Å². The van der Waals surface area contributed by atoms with Gasteiger partial charge in [0.05, 0.1) is 19.9 Å². The lowest BCUT2D eigenvalue weighted by molar-refractivity contribution is -0.141. The lowest BCUT2D eigenvalue weighted by Crippen LogP contribution is -2.26. The Morgan fingerprint density at radius 2 is 2.31 bits per heavy atom. The molecule has 0 saturated heterocycles. The first-order valence-corrected chi connectivity index (χ1v) is 5.15. The van der Waals surface area contributed by atoms with E-state index in [1.165, 1.54) is 7.11 Å². The van der Waals surface area contributed by atoms with Crippen molar-refractivity contribution in [1.29, 1.82) is 5.26 Å². The van der Waals surface area contributed by atoms with Gasteiger partial charge in [0.1, 0.15) is 6.54 Å². The molecule has 0 radical (unpaired) electrons. The number of halogens is 1. The van der Waals surface area contributed by atoms with Crippen LogP contribution in [-0.2, 0) is 9.53 Å². The SMILES string of the molecule is CCN(C=C(C#N)CCCF)CC(=O)OC. The number of ether oxygens (including phenoxy) is 1. The lowest BCUT2D eigenvalue weighted by atomic mass is 10.2. The van der Waals surface area contributed by atoms with Crippen LogP contribution in [0.1, 0.15) is 19.8 Å². The van der Waals surface area contributed by atoms with Crippen LogP contribution in [0, 0.1) is 11.3 Å². The number of allylic oxidation sites excluding steroid dienone is 1. The van der Waals surface area contributed by atoms with E-state index < -0.39 is 6.67 Å². The van der Waals surface area contributed by atoms with E-state index in [1.807, 2.05) is 13.0 Å². The maximum Gasteiger partial charge on any atom is 0.325 e. The summed E-state index contributed by atoms with van der Waals surface area (Å²) in [6, 6.07) is 1.99. The van der Waals surface area contributed by atoms with Crippen LogP contribution >= 0.6 is 0 Å². The number of nitrogens with zero attached hydrogens (tertiary/aromatic N) is 2. The van der Waals surface area contributed by atoms with Crippen molar-refractivity contribution in [2.45, 2.75) is 19.8 Å². The van der Waals surface area contributed by atoms with E-state index in [2.05, 4.69) is 4.74 Å². The molecule has 0 aliphatic carbocycles. The number of nitriles is 1. The van der Waals surface area contributed by atoms with Crippen LogP contribution in [0.15, 0.2) is 11.8 Å². The van der Waals surface area contributed by atoms with Gasteiger partial charge in [-0.2, -0.15) is 5.26 Å². The highest BCUT2D eigenvalue weighted by molar-refractivity contribution is 5.71. The molecule has 0 aliphatic rings. The van der Waals surface area contributed by atoms with Crippen LogP contribution in [-0.4, -0.2) is 37.7 Å². The molecular weight excluding hydrogens is 211 g/mol. The largest absolute Gasteiger partial charge is 0.468 e.